The van der Waals surface area contributed by atoms with Gasteiger partial charge in [-0.2, -0.15) is 0 Å². The van der Waals surface area contributed by atoms with Crippen molar-refractivity contribution in [1.82, 2.24) is 0 Å². The Morgan fingerprint density at radius 2 is 1.04 bits per heavy atom. The number of esters is 3. The van der Waals surface area contributed by atoms with Crippen LogP contribution < -0.4 is 9.47 Å². The molecule has 402 valence electrons. The molecule has 3 saturated heterocycles. The van der Waals surface area contributed by atoms with Gasteiger partial charge >= 0.3 is 17.9 Å². The number of phenolic OH excluding ortho intramolecular Hbond substituents is 1. The van der Waals surface area contributed by atoms with Gasteiger partial charge in [-0.25, -0.2) is 9.59 Å². The van der Waals surface area contributed by atoms with Gasteiger partial charge in [0.15, 0.2) is 18.0 Å². The fourth-order valence-electron chi connectivity index (χ4n) is 8.10. The Morgan fingerprint density at radius 3 is 1.51 bits per heavy atom. The largest absolute Gasteiger partial charge is 0.508 e. The second-order valence-corrected chi connectivity index (χ2v) is 18.1. The first-order chi connectivity index (χ1) is 34.8. The number of aliphatic hydroxyl groups is 11. The van der Waals surface area contributed by atoms with Crippen LogP contribution >= 0.6 is 0 Å². The van der Waals surface area contributed by atoms with Crippen LogP contribution in [0.3, 0.4) is 0 Å². The first kappa shape index (κ1) is 56.9. The van der Waals surface area contributed by atoms with Gasteiger partial charge in [-0.05, 0) is 71.5 Å². The predicted octanol–water partition coefficient (Wildman–Crippen LogP) is -2.21. The highest BCUT2D eigenvalue weighted by Gasteiger charge is 2.54. The Labute approximate surface area is 417 Å². The molecule has 0 aromatic heterocycles. The number of carbonyl (C=O) groups is 3. The number of phenols is 1. The third-order valence-electron chi connectivity index (χ3n) is 12.1. The summed E-state index contributed by atoms with van der Waals surface area (Å²) in [6.45, 7) is 0.265. The average Bonchev–Trinajstić information content (AvgIpc) is 3.37. The molecule has 0 aliphatic carbocycles. The van der Waals surface area contributed by atoms with Crippen LogP contribution in [0.25, 0.3) is 6.08 Å². The number of aliphatic hydroxyl groups excluding tert-OH is 11. The first-order valence-electron chi connectivity index (χ1n) is 23.2. The summed E-state index contributed by atoms with van der Waals surface area (Å²) in [4.78, 5) is 41.8. The number of benzene rings is 3. The number of hydrogen-bond donors (Lipinski definition) is 12. The van der Waals surface area contributed by atoms with Crippen LogP contribution in [0.15, 0.2) is 78.9 Å². The highest BCUT2D eigenvalue weighted by Crippen LogP contribution is 2.36. The molecule has 0 spiro atoms. The quantitative estimate of drug-likeness (QED) is 0.0306. The highest BCUT2D eigenvalue weighted by molar-refractivity contribution is 5.87. The van der Waals surface area contributed by atoms with Crippen LogP contribution in [-0.4, -0.2) is 197 Å². The fraction of sp³-hybridized carbons (Fsp3) is 0.531. The minimum Gasteiger partial charge on any atom is -0.508 e. The van der Waals surface area contributed by atoms with Gasteiger partial charge in [-0.1, -0.05) is 50.2 Å². The molecule has 0 bridgehead atoms. The number of carbonyl (C=O) groups excluding carboxylic acids is 3. The molecule has 3 heterocycles. The maximum atomic E-state index is 14.6. The molecule has 24 heteroatoms. The second kappa shape index (κ2) is 25.7. The van der Waals surface area contributed by atoms with E-state index in [9.17, 15) is 75.7 Å². The van der Waals surface area contributed by atoms with Gasteiger partial charge < -0.3 is 104 Å². The number of aromatic hydroxyl groups is 1. The summed E-state index contributed by atoms with van der Waals surface area (Å²) in [6, 6.07) is 17.2. The van der Waals surface area contributed by atoms with Crippen LogP contribution in [0.4, 0.5) is 0 Å². The second-order valence-electron chi connectivity index (χ2n) is 18.1. The topological polar surface area (TPSA) is 377 Å². The molecule has 6 rings (SSSR count). The van der Waals surface area contributed by atoms with Gasteiger partial charge in [0.25, 0.3) is 0 Å². The molecule has 0 radical (unpaired) electrons. The summed E-state index contributed by atoms with van der Waals surface area (Å²) in [6.07, 6.45) is -23.5. The molecular formula is C49H62O24. The standard InChI is InChI=1S/C49H62O24/c1-24(2)17-49(48(64)66-23-27-7-14-30(15-8-27)68-46-43(63)40(60)37(57)32(20-51)70-46,18-35(55)65-22-26-5-12-29(13-6-26)67-45-42(62)39(59)36(56)31(19-50)69-45)73-47-44(41(61)38(58)33(21-52)71-47)72-34(54)16-9-25-3-10-28(53)11-4-25/h3-16,24,31-33,36-47,50-53,56-63H,17-23H2,1-2H3/b16-9+/t31-,32-,33-,36-,37-,38-,39+,40+,41+,42-,43-,44-,45-,46-,47+,49-/m1/s1. The van der Waals surface area contributed by atoms with E-state index in [4.69, 9.17) is 42.6 Å². The number of ether oxygens (including phenoxy) is 9. The zero-order valence-corrected chi connectivity index (χ0v) is 39.5. The molecule has 24 nitrogen and oxygen atoms in total. The summed E-state index contributed by atoms with van der Waals surface area (Å²) < 4.78 is 51.2. The minimum atomic E-state index is -2.38. The van der Waals surface area contributed by atoms with Crippen molar-refractivity contribution in [3.8, 4) is 17.2 Å². The molecule has 0 amide bonds. The minimum absolute atomic E-state index is 0.0312. The van der Waals surface area contributed by atoms with Gasteiger partial charge in [0.1, 0.15) is 97.6 Å². The predicted molar refractivity (Wildman–Crippen MR) is 244 cm³/mol. The smallest absolute Gasteiger partial charge is 0.339 e. The van der Waals surface area contributed by atoms with E-state index in [-0.39, 0.29) is 23.7 Å². The zero-order chi connectivity index (χ0) is 53.1. The van der Waals surface area contributed by atoms with Crippen molar-refractivity contribution < 1.29 is 118 Å². The highest BCUT2D eigenvalue weighted by atomic mass is 16.7. The van der Waals surface area contributed by atoms with Gasteiger partial charge in [-0.15, -0.1) is 0 Å². The number of hydrogen-bond acceptors (Lipinski definition) is 24. The van der Waals surface area contributed by atoms with Crippen LogP contribution in [0.2, 0.25) is 0 Å². The van der Waals surface area contributed by atoms with Crippen molar-refractivity contribution >= 4 is 24.0 Å². The SMILES string of the molecule is CC(C)C[C@](CC(=O)OCc1ccc(O[C@@H]2O[C@H](CO)[C@@H](O)[C@H](O)[C@H]2O)cc1)(O[C@@H]1O[C@H](CO)[C@@H](O)[C@H](O)[C@H]1OC(=O)/C=C/c1ccc(O)cc1)C(=O)OCc1ccc(O[C@@H]2O[C@H](CO)[C@@H](O)[C@H](O)[C@H]2O)cc1. The summed E-state index contributed by atoms with van der Waals surface area (Å²) >= 11 is 0. The first-order valence-corrected chi connectivity index (χ1v) is 23.2. The Balaban J connectivity index is 1.22. The fourth-order valence-corrected chi connectivity index (χ4v) is 8.10. The van der Waals surface area contributed by atoms with Crippen LogP contribution in [0.1, 0.15) is 43.4 Å². The molecular weight excluding hydrogens is 973 g/mol. The van der Waals surface area contributed by atoms with Crippen LogP contribution in [0, 0.1) is 5.92 Å². The van der Waals surface area contributed by atoms with E-state index in [0.29, 0.717) is 16.7 Å². The Morgan fingerprint density at radius 1 is 0.589 bits per heavy atom. The van der Waals surface area contributed by atoms with Crippen molar-refractivity contribution in [2.24, 2.45) is 5.92 Å². The molecule has 3 fully saturated rings. The van der Waals surface area contributed by atoms with Crippen molar-refractivity contribution in [3.05, 3.63) is 95.6 Å². The molecule has 0 unspecified atom stereocenters. The van der Waals surface area contributed by atoms with E-state index in [0.717, 1.165) is 6.08 Å². The van der Waals surface area contributed by atoms with Crippen LogP contribution in [-0.2, 0) is 60.8 Å². The van der Waals surface area contributed by atoms with Crippen molar-refractivity contribution in [2.45, 2.75) is 138 Å². The maximum Gasteiger partial charge on any atom is 0.339 e. The molecule has 73 heavy (non-hydrogen) atoms. The molecule has 3 aromatic rings. The van der Waals surface area contributed by atoms with Crippen LogP contribution in [0.5, 0.6) is 17.2 Å². The van der Waals surface area contributed by atoms with E-state index < -0.39 is 161 Å². The van der Waals surface area contributed by atoms with E-state index in [1.54, 1.807) is 13.8 Å². The van der Waals surface area contributed by atoms with E-state index in [1.165, 1.54) is 78.9 Å². The van der Waals surface area contributed by atoms with Gasteiger partial charge in [0.05, 0.1) is 26.2 Å². The normalized spacial score (nSPS) is 31.3. The molecule has 3 aliphatic rings. The molecule has 0 saturated carbocycles. The zero-order valence-electron chi connectivity index (χ0n) is 39.5. The lowest BCUT2D eigenvalue weighted by atomic mass is 9.88. The van der Waals surface area contributed by atoms with E-state index in [2.05, 4.69) is 0 Å². The number of rotatable bonds is 21. The summed E-state index contributed by atoms with van der Waals surface area (Å²) in [5.74, 6) is -3.57. The van der Waals surface area contributed by atoms with E-state index >= 15 is 0 Å². The van der Waals surface area contributed by atoms with Gasteiger partial charge in [0, 0.05) is 6.08 Å². The van der Waals surface area contributed by atoms with Gasteiger partial charge in [-0.3, -0.25) is 4.79 Å². The summed E-state index contributed by atoms with van der Waals surface area (Å²) in [7, 11) is 0. The third-order valence-corrected chi connectivity index (χ3v) is 12.1. The lowest BCUT2D eigenvalue weighted by Gasteiger charge is -2.44. The Kier molecular flexibility index (Phi) is 20.0. The lowest BCUT2D eigenvalue weighted by molar-refractivity contribution is -0.328. The summed E-state index contributed by atoms with van der Waals surface area (Å²) in [5.41, 5.74) is -1.18. The third kappa shape index (κ3) is 14.5. The average molecular weight is 1040 g/mol. The lowest BCUT2D eigenvalue weighted by Crippen LogP contribution is -2.63. The molecule has 3 aliphatic heterocycles. The Bertz CT molecular complexity index is 2260. The Hall–Kier alpha value is -5.39. The van der Waals surface area contributed by atoms with Crippen molar-refractivity contribution in [1.29, 1.82) is 0 Å². The molecule has 12 N–H and O–H groups in total. The van der Waals surface area contributed by atoms with Gasteiger partial charge in [0.2, 0.25) is 12.6 Å². The van der Waals surface area contributed by atoms with Crippen molar-refractivity contribution in [3.63, 3.8) is 0 Å². The maximum absolute atomic E-state index is 14.6. The molecule has 16 atom stereocenters. The monoisotopic (exact) mass is 1030 g/mol. The molecule has 3 aromatic carbocycles. The van der Waals surface area contributed by atoms with Crippen molar-refractivity contribution in [2.75, 3.05) is 19.8 Å². The summed E-state index contributed by atoms with van der Waals surface area (Å²) in [5, 5.41) is 122. The van der Waals surface area contributed by atoms with E-state index in [1.807, 2.05) is 0 Å².